The normalized spacial score (nSPS) is 9.92. The molecule has 0 aliphatic heterocycles. The number of ketones is 1. The average Bonchev–Trinajstić information content (AvgIpc) is 2.00. The highest BCUT2D eigenvalue weighted by atomic mass is 79.9. The van der Waals surface area contributed by atoms with Gasteiger partial charge in [-0.1, -0.05) is 0 Å². The molecule has 0 bridgehead atoms. The van der Waals surface area contributed by atoms with Crippen LogP contribution in [0.5, 0.6) is 0 Å². The summed E-state index contributed by atoms with van der Waals surface area (Å²) >= 11 is 3.29. The van der Waals surface area contributed by atoms with E-state index in [4.69, 9.17) is 5.73 Å². The second-order valence-corrected chi connectivity index (χ2v) is 3.54. The van der Waals surface area contributed by atoms with Crippen molar-refractivity contribution in [3.63, 3.8) is 0 Å². The number of benzene rings is 1. The van der Waals surface area contributed by atoms with Crippen molar-refractivity contribution in [2.45, 2.75) is 13.8 Å². The predicted molar refractivity (Wildman–Crippen MR) is 53.3 cm³/mol. The number of carbonyl (C=O) groups excluding carboxylic acids is 1. The molecule has 0 aliphatic carbocycles. The van der Waals surface area contributed by atoms with E-state index in [1.54, 1.807) is 12.1 Å². The number of Topliss-reactive ketones (excluding diaryl/α,β-unsaturated/α-hetero) is 1. The number of rotatable bonds is 1. The van der Waals surface area contributed by atoms with Crippen molar-refractivity contribution in [1.29, 1.82) is 0 Å². The van der Waals surface area contributed by atoms with Crippen molar-refractivity contribution < 1.29 is 4.79 Å². The van der Waals surface area contributed by atoms with Gasteiger partial charge in [0.15, 0.2) is 5.78 Å². The zero-order chi connectivity index (χ0) is 9.30. The Morgan fingerprint density at radius 1 is 1.50 bits per heavy atom. The van der Waals surface area contributed by atoms with Crippen LogP contribution in [0.15, 0.2) is 16.6 Å². The monoisotopic (exact) mass is 227 g/mol. The third kappa shape index (κ3) is 1.50. The number of halogens is 1. The fourth-order valence-corrected chi connectivity index (χ4v) is 1.51. The molecule has 0 spiro atoms. The van der Waals surface area contributed by atoms with E-state index in [-0.39, 0.29) is 5.78 Å². The fourth-order valence-electron chi connectivity index (χ4n) is 1.08. The summed E-state index contributed by atoms with van der Waals surface area (Å²) < 4.78 is 0.838. The lowest BCUT2D eigenvalue weighted by atomic mass is 10.0. The van der Waals surface area contributed by atoms with Crippen LogP contribution in [-0.4, -0.2) is 5.78 Å². The predicted octanol–water partition coefficient (Wildman–Crippen LogP) is 2.54. The molecule has 0 aliphatic rings. The van der Waals surface area contributed by atoms with Crippen LogP contribution in [0.2, 0.25) is 0 Å². The number of nitrogen functional groups attached to an aromatic ring is 1. The van der Waals surface area contributed by atoms with E-state index in [1.807, 2.05) is 6.92 Å². The van der Waals surface area contributed by atoms with Gasteiger partial charge in [0, 0.05) is 15.7 Å². The standard InChI is InChI=1S/C9H10BrNO/c1-5-7(6(2)12)3-4-8(10)9(5)11/h3-4H,11H2,1-2H3. The maximum Gasteiger partial charge on any atom is 0.160 e. The quantitative estimate of drug-likeness (QED) is 0.592. The molecule has 0 amide bonds. The SMILES string of the molecule is CC(=O)c1ccc(Br)c(N)c1C. The minimum absolute atomic E-state index is 0.0479. The van der Waals surface area contributed by atoms with Gasteiger partial charge in [0.2, 0.25) is 0 Å². The molecular formula is C9H10BrNO. The zero-order valence-electron chi connectivity index (χ0n) is 7.02. The van der Waals surface area contributed by atoms with Gasteiger partial charge in [-0.25, -0.2) is 0 Å². The van der Waals surface area contributed by atoms with Crippen molar-refractivity contribution in [3.05, 3.63) is 27.7 Å². The Morgan fingerprint density at radius 3 is 2.58 bits per heavy atom. The number of anilines is 1. The lowest BCUT2D eigenvalue weighted by molar-refractivity contribution is 0.101. The summed E-state index contributed by atoms with van der Waals surface area (Å²) in [6.07, 6.45) is 0. The molecule has 0 heterocycles. The largest absolute Gasteiger partial charge is 0.398 e. The van der Waals surface area contributed by atoms with Crippen LogP contribution >= 0.6 is 15.9 Å². The summed E-state index contributed by atoms with van der Waals surface area (Å²) in [7, 11) is 0. The van der Waals surface area contributed by atoms with E-state index >= 15 is 0 Å². The maximum atomic E-state index is 11.1. The minimum atomic E-state index is 0.0479. The maximum absolute atomic E-state index is 11.1. The average molecular weight is 228 g/mol. The van der Waals surface area contributed by atoms with Gasteiger partial charge < -0.3 is 5.73 Å². The first-order chi connectivity index (χ1) is 5.54. The zero-order valence-corrected chi connectivity index (χ0v) is 8.60. The fraction of sp³-hybridized carbons (Fsp3) is 0.222. The first-order valence-corrected chi connectivity index (χ1v) is 4.39. The van der Waals surface area contributed by atoms with Gasteiger partial charge in [-0.05, 0) is 47.5 Å². The van der Waals surface area contributed by atoms with Crippen LogP contribution in [0, 0.1) is 6.92 Å². The Hall–Kier alpha value is -0.830. The van der Waals surface area contributed by atoms with Gasteiger partial charge >= 0.3 is 0 Å². The van der Waals surface area contributed by atoms with Crippen LogP contribution < -0.4 is 5.73 Å². The lowest BCUT2D eigenvalue weighted by Crippen LogP contribution is -2.00. The van der Waals surface area contributed by atoms with Crippen molar-refractivity contribution in [2.75, 3.05) is 5.73 Å². The molecule has 2 nitrogen and oxygen atoms in total. The first-order valence-electron chi connectivity index (χ1n) is 3.59. The Morgan fingerprint density at radius 2 is 2.08 bits per heavy atom. The smallest absolute Gasteiger partial charge is 0.160 e. The summed E-state index contributed by atoms with van der Waals surface area (Å²) in [5.74, 6) is 0.0479. The molecule has 3 heteroatoms. The Balaban J connectivity index is 3.36. The molecule has 1 aromatic rings. The first kappa shape index (κ1) is 9.26. The molecule has 0 radical (unpaired) electrons. The summed E-state index contributed by atoms with van der Waals surface area (Å²) in [6.45, 7) is 3.38. The summed E-state index contributed by atoms with van der Waals surface area (Å²) in [6, 6.07) is 3.57. The van der Waals surface area contributed by atoms with Crippen LogP contribution in [0.3, 0.4) is 0 Å². The van der Waals surface area contributed by atoms with E-state index in [2.05, 4.69) is 15.9 Å². The number of nitrogens with two attached hydrogens (primary N) is 1. The summed E-state index contributed by atoms with van der Waals surface area (Å²) in [4.78, 5) is 11.1. The van der Waals surface area contributed by atoms with Gasteiger partial charge in [0.05, 0.1) is 0 Å². The third-order valence-corrected chi connectivity index (χ3v) is 2.53. The number of hydrogen-bond donors (Lipinski definition) is 1. The van der Waals surface area contributed by atoms with E-state index in [0.29, 0.717) is 11.3 Å². The molecule has 0 atom stereocenters. The number of hydrogen-bond acceptors (Lipinski definition) is 2. The molecule has 0 saturated carbocycles. The van der Waals surface area contributed by atoms with Gasteiger partial charge in [0.25, 0.3) is 0 Å². The second-order valence-electron chi connectivity index (χ2n) is 2.69. The van der Waals surface area contributed by atoms with Crippen molar-refractivity contribution in [3.8, 4) is 0 Å². The lowest BCUT2D eigenvalue weighted by Gasteiger charge is -2.06. The number of carbonyl (C=O) groups is 1. The molecule has 0 aromatic heterocycles. The molecule has 12 heavy (non-hydrogen) atoms. The van der Waals surface area contributed by atoms with E-state index < -0.39 is 0 Å². The van der Waals surface area contributed by atoms with Crippen LogP contribution in [-0.2, 0) is 0 Å². The highest BCUT2D eigenvalue weighted by Gasteiger charge is 2.07. The molecular weight excluding hydrogens is 218 g/mol. The Labute approximate surface area is 79.9 Å². The van der Waals surface area contributed by atoms with E-state index in [0.717, 1.165) is 10.0 Å². The third-order valence-electron chi connectivity index (χ3n) is 1.84. The molecule has 0 fully saturated rings. The van der Waals surface area contributed by atoms with Gasteiger partial charge in [-0.3, -0.25) is 4.79 Å². The molecule has 64 valence electrons. The van der Waals surface area contributed by atoms with Crippen LogP contribution in [0.25, 0.3) is 0 Å². The molecule has 0 saturated heterocycles. The van der Waals surface area contributed by atoms with Gasteiger partial charge in [-0.15, -0.1) is 0 Å². The van der Waals surface area contributed by atoms with Crippen molar-refractivity contribution in [2.24, 2.45) is 0 Å². The minimum Gasteiger partial charge on any atom is -0.398 e. The van der Waals surface area contributed by atoms with Gasteiger partial charge in [0.1, 0.15) is 0 Å². The highest BCUT2D eigenvalue weighted by Crippen LogP contribution is 2.25. The van der Waals surface area contributed by atoms with E-state index in [9.17, 15) is 4.79 Å². The second kappa shape index (κ2) is 3.27. The van der Waals surface area contributed by atoms with E-state index in [1.165, 1.54) is 6.92 Å². The van der Waals surface area contributed by atoms with Gasteiger partial charge in [-0.2, -0.15) is 0 Å². The highest BCUT2D eigenvalue weighted by molar-refractivity contribution is 9.10. The van der Waals surface area contributed by atoms with Crippen molar-refractivity contribution >= 4 is 27.4 Å². The Kier molecular flexibility index (Phi) is 2.52. The molecule has 0 unspecified atom stereocenters. The van der Waals surface area contributed by atoms with Crippen LogP contribution in [0.4, 0.5) is 5.69 Å². The molecule has 1 aromatic carbocycles. The molecule has 2 N–H and O–H groups in total. The Bertz CT molecular complexity index is 334. The topological polar surface area (TPSA) is 43.1 Å². The summed E-state index contributed by atoms with van der Waals surface area (Å²) in [5, 5.41) is 0. The molecule has 1 rings (SSSR count). The van der Waals surface area contributed by atoms with Crippen LogP contribution in [0.1, 0.15) is 22.8 Å². The summed E-state index contributed by atoms with van der Waals surface area (Å²) in [5.41, 5.74) is 7.90. The van der Waals surface area contributed by atoms with Crippen molar-refractivity contribution in [1.82, 2.24) is 0 Å².